The molecule has 1 heterocycles. The van der Waals surface area contributed by atoms with E-state index in [0.29, 0.717) is 23.7 Å². The molecule has 1 fully saturated rings. The van der Waals surface area contributed by atoms with E-state index < -0.39 is 0 Å². The predicted octanol–water partition coefficient (Wildman–Crippen LogP) is 2.45. The van der Waals surface area contributed by atoms with Gasteiger partial charge in [0.2, 0.25) is 5.96 Å². The molecule has 3 N–H and O–H groups in total. The largest absolute Gasteiger partial charge is 0.488 e. The number of rotatable bonds is 4. The number of benzene rings is 2. The fourth-order valence-electron chi connectivity index (χ4n) is 2.56. The van der Waals surface area contributed by atoms with Gasteiger partial charge in [0, 0.05) is 23.6 Å². The number of amides is 1. The number of guanidine groups is 1. The molecular formula is C18H19ClN4O2. The lowest BCUT2D eigenvalue weighted by Gasteiger charge is -2.15. The summed E-state index contributed by atoms with van der Waals surface area (Å²) < 4.78 is 5.89. The van der Waals surface area contributed by atoms with E-state index >= 15 is 0 Å². The third kappa shape index (κ3) is 4.87. The number of ether oxygens (including phenoxy) is 1. The van der Waals surface area contributed by atoms with E-state index in [1.807, 2.05) is 18.2 Å². The first-order valence-electron chi connectivity index (χ1n) is 7.98. The molecule has 0 radical (unpaired) electrons. The molecule has 130 valence electrons. The lowest BCUT2D eigenvalue weighted by atomic mass is 10.2. The van der Waals surface area contributed by atoms with Crippen LogP contribution in [-0.4, -0.2) is 36.1 Å². The van der Waals surface area contributed by atoms with Gasteiger partial charge in [-0.1, -0.05) is 29.8 Å². The molecule has 1 amide bonds. The van der Waals surface area contributed by atoms with E-state index in [9.17, 15) is 4.79 Å². The zero-order chi connectivity index (χ0) is 17.6. The summed E-state index contributed by atoms with van der Waals surface area (Å²) in [4.78, 5) is 12.0. The maximum absolute atomic E-state index is 12.0. The van der Waals surface area contributed by atoms with Crippen molar-refractivity contribution in [2.75, 3.05) is 13.1 Å². The third-order valence-electron chi connectivity index (χ3n) is 3.77. The van der Waals surface area contributed by atoms with E-state index in [0.717, 1.165) is 12.2 Å². The summed E-state index contributed by atoms with van der Waals surface area (Å²) in [6, 6.07) is 16.1. The molecule has 0 aromatic heterocycles. The van der Waals surface area contributed by atoms with Crippen LogP contribution >= 0.6 is 11.6 Å². The number of halogens is 1. The molecule has 1 saturated heterocycles. The fraction of sp³-hybridized carbons (Fsp3) is 0.222. The maximum Gasteiger partial charge on any atom is 0.257 e. The van der Waals surface area contributed by atoms with Gasteiger partial charge in [-0.05, 0) is 36.4 Å². The molecule has 1 aliphatic heterocycles. The van der Waals surface area contributed by atoms with Gasteiger partial charge in [-0.15, -0.1) is 5.10 Å². The molecule has 6 nitrogen and oxygen atoms in total. The van der Waals surface area contributed by atoms with Crippen molar-refractivity contribution in [3.63, 3.8) is 0 Å². The first-order chi connectivity index (χ1) is 12.1. The van der Waals surface area contributed by atoms with E-state index in [4.69, 9.17) is 22.1 Å². The molecule has 0 saturated carbocycles. The number of nitrogens with one attached hydrogen (secondary N) is 1. The standard InChI is InChI=1S/C18H19ClN4O2/c19-14-6-8-15(9-7-14)25-16-10-11-23(12-16)22-18(20)21-17(24)13-4-2-1-3-5-13/h1-9,16H,10-12H2,(H3,20,21,22,24). The van der Waals surface area contributed by atoms with Crippen LogP contribution in [0.2, 0.25) is 5.02 Å². The minimum atomic E-state index is -0.282. The lowest BCUT2D eigenvalue weighted by molar-refractivity contribution is 0.0976. The molecule has 1 aliphatic rings. The summed E-state index contributed by atoms with van der Waals surface area (Å²) in [7, 11) is 0. The second-order valence-corrected chi connectivity index (χ2v) is 6.14. The number of carbonyl (C=O) groups is 1. The zero-order valence-corrected chi connectivity index (χ0v) is 14.3. The summed E-state index contributed by atoms with van der Waals surface area (Å²) in [6.45, 7) is 1.31. The van der Waals surface area contributed by atoms with Crippen molar-refractivity contribution >= 4 is 23.5 Å². The summed E-state index contributed by atoms with van der Waals surface area (Å²) in [6.07, 6.45) is 0.842. The average Bonchev–Trinajstić information content (AvgIpc) is 3.04. The Morgan fingerprint density at radius 3 is 2.64 bits per heavy atom. The van der Waals surface area contributed by atoms with Gasteiger partial charge < -0.3 is 10.5 Å². The fourth-order valence-corrected chi connectivity index (χ4v) is 2.68. The highest BCUT2D eigenvalue weighted by Gasteiger charge is 2.23. The van der Waals surface area contributed by atoms with Crippen LogP contribution in [0.1, 0.15) is 16.8 Å². The Balaban J connectivity index is 1.52. The molecule has 2 aromatic carbocycles. The Morgan fingerprint density at radius 2 is 1.92 bits per heavy atom. The monoisotopic (exact) mass is 358 g/mol. The Morgan fingerprint density at radius 1 is 1.20 bits per heavy atom. The van der Waals surface area contributed by atoms with Gasteiger partial charge in [0.15, 0.2) is 0 Å². The maximum atomic E-state index is 12.0. The first-order valence-corrected chi connectivity index (χ1v) is 8.35. The number of carbonyl (C=O) groups excluding carboxylic acids is 1. The van der Waals surface area contributed by atoms with Gasteiger partial charge in [0.05, 0.1) is 6.54 Å². The molecule has 0 aliphatic carbocycles. The molecule has 2 aromatic rings. The molecule has 25 heavy (non-hydrogen) atoms. The smallest absolute Gasteiger partial charge is 0.257 e. The van der Waals surface area contributed by atoms with Crippen molar-refractivity contribution in [3.05, 3.63) is 65.2 Å². The van der Waals surface area contributed by atoms with Crippen molar-refractivity contribution < 1.29 is 9.53 Å². The SMILES string of the molecule is NC(=NN1CCC(Oc2ccc(Cl)cc2)C1)NC(=O)c1ccccc1. The highest BCUT2D eigenvalue weighted by Crippen LogP contribution is 2.20. The molecule has 0 spiro atoms. The second-order valence-electron chi connectivity index (χ2n) is 5.70. The average molecular weight is 359 g/mol. The molecule has 1 atom stereocenters. The quantitative estimate of drug-likeness (QED) is 0.650. The van der Waals surface area contributed by atoms with Gasteiger partial charge in [-0.2, -0.15) is 0 Å². The van der Waals surface area contributed by atoms with Crippen LogP contribution in [-0.2, 0) is 0 Å². The summed E-state index contributed by atoms with van der Waals surface area (Å²) in [5.41, 5.74) is 6.36. The van der Waals surface area contributed by atoms with E-state index in [1.165, 1.54) is 0 Å². The Bertz CT molecular complexity index is 749. The lowest BCUT2D eigenvalue weighted by Crippen LogP contribution is -2.38. The van der Waals surface area contributed by atoms with Crippen LogP contribution in [0.4, 0.5) is 0 Å². The topological polar surface area (TPSA) is 79.9 Å². The Hall–Kier alpha value is -2.73. The van der Waals surface area contributed by atoms with Crippen LogP contribution in [0.5, 0.6) is 5.75 Å². The molecular weight excluding hydrogens is 340 g/mol. The van der Waals surface area contributed by atoms with E-state index in [2.05, 4.69) is 10.4 Å². The highest BCUT2D eigenvalue weighted by molar-refractivity contribution is 6.30. The van der Waals surface area contributed by atoms with Crippen LogP contribution in [0.3, 0.4) is 0 Å². The summed E-state index contributed by atoms with van der Waals surface area (Å²) in [5.74, 6) is 0.557. The van der Waals surface area contributed by atoms with Crippen molar-refractivity contribution in [2.45, 2.75) is 12.5 Å². The van der Waals surface area contributed by atoms with Crippen LogP contribution < -0.4 is 15.8 Å². The minimum absolute atomic E-state index is 0.0163. The number of nitrogens with zero attached hydrogens (tertiary/aromatic N) is 2. The molecule has 3 rings (SSSR count). The molecule has 0 bridgehead atoms. The molecule has 7 heteroatoms. The van der Waals surface area contributed by atoms with Crippen molar-refractivity contribution in [3.8, 4) is 5.75 Å². The summed E-state index contributed by atoms with van der Waals surface area (Å²) in [5, 5.41) is 9.29. The van der Waals surface area contributed by atoms with Crippen molar-refractivity contribution in [1.82, 2.24) is 10.3 Å². The third-order valence-corrected chi connectivity index (χ3v) is 4.02. The second kappa shape index (κ2) is 7.90. The number of hydrogen-bond donors (Lipinski definition) is 2. The van der Waals surface area contributed by atoms with E-state index in [1.54, 1.807) is 41.4 Å². The Kier molecular flexibility index (Phi) is 5.40. The van der Waals surface area contributed by atoms with Crippen LogP contribution in [0, 0.1) is 0 Å². The zero-order valence-electron chi connectivity index (χ0n) is 13.6. The normalized spacial score (nSPS) is 17.4. The number of hydrogen-bond acceptors (Lipinski definition) is 4. The summed E-state index contributed by atoms with van der Waals surface area (Å²) >= 11 is 5.86. The van der Waals surface area contributed by atoms with Gasteiger partial charge in [-0.3, -0.25) is 15.1 Å². The number of hydrazone groups is 1. The van der Waals surface area contributed by atoms with Crippen molar-refractivity contribution in [2.24, 2.45) is 10.8 Å². The van der Waals surface area contributed by atoms with Crippen molar-refractivity contribution in [1.29, 1.82) is 0 Å². The van der Waals surface area contributed by atoms with Gasteiger partial charge in [0.1, 0.15) is 11.9 Å². The number of nitrogens with two attached hydrogens (primary N) is 1. The molecule has 1 unspecified atom stereocenters. The van der Waals surface area contributed by atoms with Gasteiger partial charge in [0.25, 0.3) is 5.91 Å². The predicted molar refractivity (Wildman–Crippen MR) is 97.6 cm³/mol. The van der Waals surface area contributed by atoms with Gasteiger partial charge >= 0.3 is 0 Å². The first kappa shape index (κ1) is 17.1. The van der Waals surface area contributed by atoms with Crippen LogP contribution in [0.15, 0.2) is 59.7 Å². The minimum Gasteiger partial charge on any atom is -0.488 e. The Labute approximate surface area is 151 Å². The van der Waals surface area contributed by atoms with Gasteiger partial charge in [-0.25, -0.2) is 0 Å². The van der Waals surface area contributed by atoms with E-state index in [-0.39, 0.29) is 18.0 Å². The highest BCUT2D eigenvalue weighted by atomic mass is 35.5. The van der Waals surface area contributed by atoms with Crippen LogP contribution in [0.25, 0.3) is 0 Å².